The number of carbonyl (C=O) groups excluding carboxylic acids is 2. The van der Waals surface area contributed by atoms with E-state index in [-0.39, 0.29) is 0 Å². The summed E-state index contributed by atoms with van der Waals surface area (Å²) in [6.45, 7) is 3.29. The molecule has 1 N–H and O–H groups in total. The average Bonchev–Trinajstić information content (AvgIpc) is 2.62. The van der Waals surface area contributed by atoms with Crippen LogP contribution in [-0.4, -0.2) is 33.4 Å². The van der Waals surface area contributed by atoms with Crippen molar-refractivity contribution in [3.63, 3.8) is 0 Å². The molecule has 8 heteroatoms. The van der Waals surface area contributed by atoms with Crippen LogP contribution in [0.25, 0.3) is 11.0 Å². The molecule has 0 aliphatic rings. The number of aromatic nitrogens is 3. The number of esters is 1. The molecule has 0 unspecified atom stereocenters. The van der Waals surface area contributed by atoms with Gasteiger partial charge in [-0.3, -0.25) is 4.79 Å². The molecule has 3 rings (SSSR count). The normalized spacial score (nSPS) is 10.6. The SMILES string of the molecule is Cc1nc2ccc(C(=O)OCC(=O)Nc3ccc(Cl)cn3)cc2nc1C. The summed E-state index contributed by atoms with van der Waals surface area (Å²) in [5.74, 6) is -0.798. The van der Waals surface area contributed by atoms with Crippen molar-refractivity contribution >= 4 is 40.3 Å². The van der Waals surface area contributed by atoms with Gasteiger partial charge in [-0.1, -0.05) is 11.6 Å². The van der Waals surface area contributed by atoms with E-state index in [1.165, 1.54) is 6.20 Å². The minimum absolute atomic E-state index is 0.299. The topological polar surface area (TPSA) is 94.1 Å². The van der Waals surface area contributed by atoms with Gasteiger partial charge in [-0.15, -0.1) is 0 Å². The van der Waals surface area contributed by atoms with Crippen LogP contribution in [0.3, 0.4) is 0 Å². The van der Waals surface area contributed by atoms with Crippen molar-refractivity contribution in [2.24, 2.45) is 0 Å². The molecule has 0 fully saturated rings. The van der Waals surface area contributed by atoms with Gasteiger partial charge in [0.05, 0.1) is 33.0 Å². The van der Waals surface area contributed by atoms with E-state index in [1.807, 2.05) is 13.8 Å². The summed E-state index contributed by atoms with van der Waals surface area (Å²) >= 11 is 5.72. The third-order valence-electron chi connectivity index (χ3n) is 3.64. The summed E-state index contributed by atoms with van der Waals surface area (Å²) in [4.78, 5) is 36.8. The highest BCUT2D eigenvalue weighted by atomic mass is 35.5. The van der Waals surface area contributed by atoms with Gasteiger partial charge in [0.25, 0.3) is 5.91 Å². The van der Waals surface area contributed by atoms with Crippen molar-refractivity contribution in [2.45, 2.75) is 13.8 Å². The number of nitrogens with one attached hydrogen (secondary N) is 1. The molecule has 0 aliphatic heterocycles. The Labute approximate surface area is 154 Å². The molecule has 0 bridgehead atoms. The lowest BCUT2D eigenvalue weighted by atomic mass is 10.2. The molecule has 1 aromatic carbocycles. The summed E-state index contributed by atoms with van der Waals surface area (Å²) in [5.41, 5.74) is 3.21. The number of pyridine rings is 1. The summed E-state index contributed by atoms with van der Waals surface area (Å²) in [7, 11) is 0. The van der Waals surface area contributed by atoms with Gasteiger partial charge in [-0.2, -0.15) is 0 Å². The maximum absolute atomic E-state index is 12.2. The van der Waals surface area contributed by atoms with Crippen LogP contribution in [0.5, 0.6) is 0 Å². The minimum Gasteiger partial charge on any atom is -0.452 e. The second-order valence-corrected chi connectivity index (χ2v) is 6.02. The van der Waals surface area contributed by atoms with Crippen molar-refractivity contribution in [2.75, 3.05) is 11.9 Å². The number of rotatable bonds is 4. The van der Waals surface area contributed by atoms with E-state index in [2.05, 4.69) is 20.3 Å². The maximum Gasteiger partial charge on any atom is 0.338 e. The summed E-state index contributed by atoms with van der Waals surface area (Å²) in [6, 6.07) is 8.02. The monoisotopic (exact) mass is 370 g/mol. The first-order valence-corrected chi connectivity index (χ1v) is 8.14. The molecule has 0 saturated carbocycles. The van der Waals surface area contributed by atoms with E-state index >= 15 is 0 Å². The number of benzene rings is 1. The summed E-state index contributed by atoms with van der Waals surface area (Å²) < 4.78 is 5.04. The number of aryl methyl sites for hydroxylation is 2. The largest absolute Gasteiger partial charge is 0.452 e. The first-order valence-electron chi connectivity index (χ1n) is 7.76. The Bertz CT molecular complexity index is 990. The Hall–Kier alpha value is -3.06. The number of amides is 1. The lowest BCUT2D eigenvalue weighted by molar-refractivity contribution is -0.119. The van der Waals surface area contributed by atoms with Crippen molar-refractivity contribution in [3.8, 4) is 0 Å². The number of hydrogen-bond donors (Lipinski definition) is 1. The molecule has 0 atom stereocenters. The van der Waals surface area contributed by atoms with E-state index < -0.39 is 18.5 Å². The number of carbonyl (C=O) groups is 2. The lowest BCUT2D eigenvalue weighted by Gasteiger charge is -2.07. The van der Waals surface area contributed by atoms with Crippen LogP contribution in [0.4, 0.5) is 5.82 Å². The smallest absolute Gasteiger partial charge is 0.338 e. The second kappa shape index (κ2) is 7.45. The Balaban J connectivity index is 1.64. The first kappa shape index (κ1) is 17.8. The molecular formula is C18H15ClN4O3. The Morgan fingerprint density at radius 2 is 1.81 bits per heavy atom. The van der Waals surface area contributed by atoms with Crippen LogP contribution in [0.2, 0.25) is 5.02 Å². The number of nitrogens with zero attached hydrogens (tertiary/aromatic N) is 3. The van der Waals surface area contributed by atoms with E-state index in [1.54, 1.807) is 30.3 Å². The second-order valence-electron chi connectivity index (χ2n) is 5.58. The van der Waals surface area contributed by atoms with Gasteiger partial charge < -0.3 is 10.1 Å². The molecule has 0 spiro atoms. The Morgan fingerprint density at radius 3 is 2.50 bits per heavy atom. The van der Waals surface area contributed by atoms with E-state index in [0.29, 0.717) is 27.4 Å². The standard InChI is InChI=1S/C18H15ClN4O3/c1-10-11(2)22-15-7-12(3-5-14(15)21-10)18(25)26-9-17(24)23-16-6-4-13(19)8-20-16/h3-8H,9H2,1-2H3,(H,20,23,24). The molecule has 1 amide bonds. The Morgan fingerprint density at radius 1 is 1.08 bits per heavy atom. The van der Waals surface area contributed by atoms with Gasteiger partial charge in [0.1, 0.15) is 5.82 Å². The zero-order chi connectivity index (χ0) is 18.7. The Kier molecular flexibility index (Phi) is 5.09. The first-order chi connectivity index (χ1) is 12.4. The maximum atomic E-state index is 12.2. The van der Waals surface area contributed by atoms with Crippen molar-refractivity contribution in [3.05, 3.63) is 58.5 Å². The van der Waals surface area contributed by atoms with Crippen LogP contribution in [0.1, 0.15) is 21.7 Å². The molecule has 2 heterocycles. The molecule has 0 saturated heterocycles. The van der Waals surface area contributed by atoms with Crippen LogP contribution >= 0.6 is 11.6 Å². The fourth-order valence-electron chi connectivity index (χ4n) is 2.20. The van der Waals surface area contributed by atoms with Gasteiger partial charge in [0, 0.05) is 6.20 Å². The molecule has 2 aromatic heterocycles. The van der Waals surface area contributed by atoms with Crippen LogP contribution in [0, 0.1) is 13.8 Å². The molecule has 0 aliphatic carbocycles. The zero-order valence-electron chi connectivity index (χ0n) is 14.1. The molecule has 0 radical (unpaired) electrons. The van der Waals surface area contributed by atoms with Gasteiger partial charge in [-0.05, 0) is 44.2 Å². The van der Waals surface area contributed by atoms with Gasteiger partial charge in [-0.25, -0.2) is 19.7 Å². The van der Waals surface area contributed by atoms with Gasteiger partial charge >= 0.3 is 5.97 Å². The lowest BCUT2D eigenvalue weighted by Crippen LogP contribution is -2.21. The third kappa shape index (κ3) is 4.12. The fraction of sp³-hybridized carbons (Fsp3) is 0.167. The highest BCUT2D eigenvalue weighted by Gasteiger charge is 2.12. The predicted molar refractivity (Wildman–Crippen MR) is 97.2 cm³/mol. The number of anilines is 1. The summed E-state index contributed by atoms with van der Waals surface area (Å²) in [6.07, 6.45) is 1.41. The van der Waals surface area contributed by atoms with Crippen LogP contribution < -0.4 is 5.32 Å². The quantitative estimate of drug-likeness (QED) is 0.709. The highest BCUT2D eigenvalue weighted by Crippen LogP contribution is 2.15. The fourth-order valence-corrected chi connectivity index (χ4v) is 2.31. The summed E-state index contributed by atoms with van der Waals surface area (Å²) in [5, 5.41) is 2.97. The molecule has 26 heavy (non-hydrogen) atoms. The highest BCUT2D eigenvalue weighted by molar-refractivity contribution is 6.30. The number of hydrogen-bond acceptors (Lipinski definition) is 6. The van der Waals surface area contributed by atoms with Gasteiger partial charge in [0.2, 0.25) is 0 Å². The molecule has 132 valence electrons. The van der Waals surface area contributed by atoms with Crippen LogP contribution in [-0.2, 0) is 9.53 Å². The van der Waals surface area contributed by atoms with Crippen molar-refractivity contribution in [1.29, 1.82) is 0 Å². The number of ether oxygens (including phenoxy) is 1. The average molecular weight is 371 g/mol. The molecular weight excluding hydrogens is 356 g/mol. The van der Waals surface area contributed by atoms with Crippen molar-refractivity contribution in [1.82, 2.24) is 15.0 Å². The minimum atomic E-state index is -0.619. The molecule has 7 nitrogen and oxygen atoms in total. The number of fused-ring (bicyclic) bond motifs is 1. The predicted octanol–water partition coefficient (Wildman–Crippen LogP) is 3.09. The van der Waals surface area contributed by atoms with Crippen LogP contribution in [0.15, 0.2) is 36.5 Å². The molecule has 3 aromatic rings. The van der Waals surface area contributed by atoms with E-state index in [0.717, 1.165) is 11.4 Å². The number of halogens is 1. The van der Waals surface area contributed by atoms with E-state index in [9.17, 15) is 9.59 Å². The van der Waals surface area contributed by atoms with Gasteiger partial charge in [0.15, 0.2) is 6.61 Å². The van der Waals surface area contributed by atoms with Crippen molar-refractivity contribution < 1.29 is 14.3 Å². The third-order valence-corrected chi connectivity index (χ3v) is 3.86. The van der Waals surface area contributed by atoms with E-state index in [4.69, 9.17) is 16.3 Å². The zero-order valence-corrected chi connectivity index (χ0v) is 14.9.